The van der Waals surface area contributed by atoms with Crippen molar-refractivity contribution < 1.29 is 27.8 Å². The number of carbonyl (C=O) groups excluding carboxylic acids is 1. The summed E-state index contributed by atoms with van der Waals surface area (Å²) < 4.78 is 35.0. The number of hydrogen-bond donors (Lipinski definition) is 2. The van der Waals surface area contributed by atoms with Crippen LogP contribution >= 0.6 is 11.3 Å². The fourth-order valence-electron chi connectivity index (χ4n) is 3.57. The van der Waals surface area contributed by atoms with E-state index in [1.165, 1.54) is 28.3 Å². The van der Waals surface area contributed by atoms with Gasteiger partial charge in [-0.1, -0.05) is 0 Å². The highest BCUT2D eigenvalue weighted by Gasteiger charge is 2.18. The van der Waals surface area contributed by atoms with Crippen LogP contribution in [0.3, 0.4) is 0 Å². The lowest BCUT2D eigenvalue weighted by molar-refractivity contribution is 0.102. The van der Waals surface area contributed by atoms with Gasteiger partial charge in [-0.05, 0) is 69.0 Å². The molecule has 10 heteroatoms. The second-order valence-corrected chi connectivity index (χ2v) is 11.3. The molecule has 2 aromatic carbocycles. The van der Waals surface area contributed by atoms with Crippen molar-refractivity contribution >= 4 is 32.2 Å². The van der Waals surface area contributed by atoms with E-state index in [1.54, 1.807) is 37.3 Å². The number of aliphatic hydroxyl groups is 1. The molecule has 0 bridgehead atoms. The fourth-order valence-corrected chi connectivity index (χ4v) is 5.24. The van der Waals surface area contributed by atoms with Crippen molar-refractivity contribution in [3.63, 3.8) is 0 Å². The predicted octanol–water partition coefficient (Wildman–Crippen LogP) is 4.23. The number of thiazole rings is 1. The first kappa shape index (κ1) is 24.2. The van der Waals surface area contributed by atoms with Gasteiger partial charge in [-0.15, -0.1) is 11.3 Å². The van der Waals surface area contributed by atoms with Gasteiger partial charge in [0.15, 0.2) is 15.0 Å². The number of hydrogen-bond acceptors (Lipinski definition) is 8. The minimum Gasteiger partial charge on any atom is -0.488 e. The molecular weight excluding hydrogens is 476 g/mol. The number of carbonyl (C=O) groups is 1. The summed E-state index contributed by atoms with van der Waals surface area (Å²) in [5.74, 6) is 0.734. The normalized spacial score (nSPS) is 14.2. The third kappa shape index (κ3) is 5.94. The molecular formula is C24H26N2O6S2. The van der Waals surface area contributed by atoms with Crippen LogP contribution in [0, 0.1) is 0 Å². The number of aromatic nitrogens is 1. The third-order valence-corrected chi connectivity index (χ3v) is 7.49. The largest absolute Gasteiger partial charge is 0.488 e. The van der Waals surface area contributed by atoms with Crippen molar-refractivity contribution in [2.75, 3.05) is 18.2 Å². The van der Waals surface area contributed by atoms with Crippen molar-refractivity contribution in [3.8, 4) is 17.2 Å². The summed E-state index contributed by atoms with van der Waals surface area (Å²) in [7, 11) is -3.32. The summed E-state index contributed by atoms with van der Waals surface area (Å²) in [5.41, 5.74) is 1.36. The van der Waals surface area contributed by atoms with E-state index in [-0.39, 0.29) is 17.4 Å². The highest BCUT2D eigenvalue weighted by molar-refractivity contribution is 7.90. The van der Waals surface area contributed by atoms with Crippen molar-refractivity contribution in [1.82, 2.24) is 4.98 Å². The van der Waals surface area contributed by atoms with E-state index >= 15 is 0 Å². The lowest BCUT2D eigenvalue weighted by Crippen LogP contribution is -2.17. The first-order valence-corrected chi connectivity index (χ1v) is 13.6. The maximum Gasteiger partial charge on any atom is 0.257 e. The molecule has 180 valence electrons. The zero-order chi connectivity index (χ0) is 24.3. The zero-order valence-corrected chi connectivity index (χ0v) is 20.5. The van der Waals surface area contributed by atoms with Gasteiger partial charge < -0.3 is 14.6 Å². The molecule has 0 aliphatic heterocycles. The fraction of sp³-hybridized carbons (Fsp3) is 0.333. The van der Waals surface area contributed by atoms with E-state index in [0.29, 0.717) is 27.9 Å². The average molecular weight is 503 g/mol. The quantitative estimate of drug-likeness (QED) is 0.474. The number of anilines is 1. The van der Waals surface area contributed by atoms with E-state index in [0.717, 1.165) is 37.6 Å². The maximum absolute atomic E-state index is 13.0. The Morgan fingerprint density at radius 2 is 1.82 bits per heavy atom. The van der Waals surface area contributed by atoms with Gasteiger partial charge in [-0.25, -0.2) is 13.4 Å². The molecule has 0 spiro atoms. The highest BCUT2D eigenvalue weighted by Crippen LogP contribution is 2.32. The van der Waals surface area contributed by atoms with Gasteiger partial charge in [-0.2, -0.15) is 0 Å². The van der Waals surface area contributed by atoms with E-state index < -0.39 is 15.9 Å². The molecule has 3 aromatic rings. The van der Waals surface area contributed by atoms with Crippen LogP contribution in [-0.2, 0) is 22.7 Å². The van der Waals surface area contributed by atoms with Gasteiger partial charge in [0.1, 0.15) is 23.4 Å². The molecule has 1 aliphatic carbocycles. The van der Waals surface area contributed by atoms with E-state index in [9.17, 15) is 18.3 Å². The Labute approximate surface area is 202 Å². The predicted molar refractivity (Wildman–Crippen MR) is 130 cm³/mol. The Kier molecular flexibility index (Phi) is 7.20. The number of aliphatic hydroxyl groups excluding tert-OH is 1. The van der Waals surface area contributed by atoms with Gasteiger partial charge >= 0.3 is 0 Å². The number of nitrogens with one attached hydrogen (secondary N) is 1. The number of nitrogens with zero attached hydrogens (tertiary/aromatic N) is 1. The molecule has 1 heterocycles. The van der Waals surface area contributed by atoms with Crippen LogP contribution in [0.15, 0.2) is 47.4 Å². The summed E-state index contributed by atoms with van der Waals surface area (Å²) in [5, 5.41) is 12.8. The van der Waals surface area contributed by atoms with Crippen LogP contribution < -0.4 is 14.8 Å². The van der Waals surface area contributed by atoms with Crippen molar-refractivity contribution in [2.24, 2.45) is 0 Å². The first-order valence-electron chi connectivity index (χ1n) is 10.9. The van der Waals surface area contributed by atoms with Crippen LogP contribution in [-0.4, -0.2) is 43.4 Å². The molecule has 0 saturated heterocycles. The molecule has 1 aliphatic rings. The number of aryl methyl sites for hydroxylation is 2. The number of rotatable bonds is 8. The molecule has 0 fully saturated rings. The molecule has 1 amide bonds. The lowest BCUT2D eigenvalue weighted by Gasteiger charge is -2.15. The van der Waals surface area contributed by atoms with Crippen molar-refractivity contribution in [2.45, 2.75) is 43.6 Å². The van der Waals surface area contributed by atoms with Crippen LogP contribution in [0.5, 0.6) is 17.2 Å². The van der Waals surface area contributed by atoms with Crippen molar-refractivity contribution in [1.29, 1.82) is 0 Å². The van der Waals surface area contributed by atoms with Crippen LogP contribution in [0.2, 0.25) is 0 Å². The Morgan fingerprint density at radius 1 is 1.12 bits per heavy atom. The second-order valence-electron chi connectivity index (χ2n) is 8.20. The molecule has 1 aromatic heterocycles. The SMILES string of the molecule is C[C@@H](CO)Oc1cc(Oc2ccc(S(C)(=O)=O)cc2)cc(C(=O)Nc2nc3c(s2)CCCC3)c1. The van der Waals surface area contributed by atoms with Crippen molar-refractivity contribution in [3.05, 3.63) is 58.6 Å². The first-order chi connectivity index (χ1) is 16.2. The molecule has 4 rings (SSSR count). The van der Waals surface area contributed by atoms with Crippen LogP contribution in [0.1, 0.15) is 40.7 Å². The van der Waals surface area contributed by atoms with Gasteiger partial charge in [0, 0.05) is 22.8 Å². The summed E-state index contributed by atoms with van der Waals surface area (Å²) in [4.78, 5) is 19.0. The zero-order valence-electron chi connectivity index (χ0n) is 18.9. The van der Waals surface area contributed by atoms with Gasteiger partial charge in [0.05, 0.1) is 17.2 Å². The number of fused-ring (bicyclic) bond motifs is 1. The molecule has 34 heavy (non-hydrogen) atoms. The van der Waals surface area contributed by atoms with E-state index in [4.69, 9.17) is 9.47 Å². The molecule has 0 unspecified atom stereocenters. The third-order valence-electron chi connectivity index (χ3n) is 5.29. The highest BCUT2D eigenvalue weighted by atomic mass is 32.2. The summed E-state index contributed by atoms with van der Waals surface area (Å²) >= 11 is 1.50. The van der Waals surface area contributed by atoms with Crippen LogP contribution in [0.25, 0.3) is 0 Å². The van der Waals surface area contributed by atoms with Crippen LogP contribution in [0.4, 0.5) is 5.13 Å². The Morgan fingerprint density at radius 3 is 2.50 bits per heavy atom. The average Bonchev–Trinajstić information content (AvgIpc) is 3.21. The molecule has 0 saturated carbocycles. The summed E-state index contributed by atoms with van der Waals surface area (Å²) in [6.07, 6.45) is 4.82. The maximum atomic E-state index is 13.0. The van der Waals surface area contributed by atoms with Gasteiger partial charge in [0.2, 0.25) is 0 Å². The second kappa shape index (κ2) is 10.1. The minimum atomic E-state index is -3.32. The molecule has 8 nitrogen and oxygen atoms in total. The summed E-state index contributed by atoms with van der Waals surface area (Å²) in [6, 6.07) is 10.8. The topological polar surface area (TPSA) is 115 Å². The molecule has 0 radical (unpaired) electrons. The monoisotopic (exact) mass is 502 g/mol. The van der Waals surface area contributed by atoms with E-state index in [1.807, 2.05) is 0 Å². The number of sulfone groups is 1. The molecule has 2 N–H and O–H groups in total. The molecule has 1 atom stereocenters. The van der Waals surface area contributed by atoms with E-state index in [2.05, 4.69) is 10.3 Å². The lowest BCUT2D eigenvalue weighted by atomic mass is 10.0. The number of ether oxygens (including phenoxy) is 2. The van der Waals surface area contributed by atoms with Gasteiger partial charge in [0.25, 0.3) is 5.91 Å². The number of benzene rings is 2. The Balaban J connectivity index is 1.58. The van der Waals surface area contributed by atoms with Gasteiger partial charge in [-0.3, -0.25) is 10.1 Å². The minimum absolute atomic E-state index is 0.180. The Hall–Kier alpha value is -2.95. The summed E-state index contributed by atoms with van der Waals surface area (Å²) in [6.45, 7) is 1.52. The standard InChI is InChI=1S/C24H26N2O6S2/c1-15(14-27)31-18-11-16(23(28)26-24-25-21-5-3-4-6-22(21)33-24)12-19(13-18)32-17-7-9-20(10-8-17)34(2,29)30/h7-13,15,27H,3-6,14H2,1-2H3,(H,25,26,28)/t15-/m0/s1. The smallest absolute Gasteiger partial charge is 0.257 e. The Bertz CT molecular complexity index is 1260. The number of amides is 1.